The number of carbonyl (C=O) groups is 1. The highest BCUT2D eigenvalue weighted by Crippen LogP contribution is 2.30. The van der Waals surface area contributed by atoms with E-state index < -0.39 is 10.0 Å². The van der Waals surface area contributed by atoms with E-state index in [0.29, 0.717) is 34.6 Å². The summed E-state index contributed by atoms with van der Waals surface area (Å²) >= 11 is 0. The minimum Gasteiger partial charge on any atom is -0.366 e. The third-order valence-corrected chi connectivity index (χ3v) is 7.81. The first kappa shape index (κ1) is 26.9. The van der Waals surface area contributed by atoms with Gasteiger partial charge in [0.1, 0.15) is 5.82 Å². The van der Waals surface area contributed by atoms with E-state index in [1.807, 2.05) is 24.3 Å². The van der Waals surface area contributed by atoms with Gasteiger partial charge in [0.2, 0.25) is 5.88 Å². The van der Waals surface area contributed by atoms with Crippen molar-refractivity contribution < 1.29 is 17.7 Å². The number of sulfonamides is 1. The van der Waals surface area contributed by atoms with Gasteiger partial charge >= 0.3 is 0 Å². The van der Waals surface area contributed by atoms with Crippen molar-refractivity contribution in [1.29, 1.82) is 0 Å². The van der Waals surface area contributed by atoms with Crippen LogP contribution in [0.15, 0.2) is 76.3 Å². The molecule has 198 valence electrons. The molecular weight excluding hydrogens is 502 g/mol. The van der Waals surface area contributed by atoms with Gasteiger partial charge in [-0.3, -0.25) is 4.79 Å². The summed E-state index contributed by atoms with van der Waals surface area (Å²) < 4.78 is 34.2. The van der Waals surface area contributed by atoms with Gasteiger partial charge in [0.05, 0.1) is 16.2 Å². The summed E-state index contributed by atoms with van der Waals surface area (Å²) in [6.45, 7) is 5.57. The van der Waals surface area contributed by atoms with Crippen LogP contribution in [0.1, 0.15) is 40.5 Å². The maximum absolute atomic E-state index is 13.2. The molecule has 2 heterocycles. The second kappa shape index (κ2) is 11.5. The van der Waals surface area contributed by atoms with E-state index in [0.717, 1.165) is 17.5 Å². The highest BCUT2D eigenvalue weighted by molar-refractivity contribution is 7.92. The standard InChI is InChI=1S/C28H31N5O4S/c1-5-22(31-26-24(27(34)29-4)10-8-16-30-26)17-20-12-14-21(15-13-20)23-9-6-7-11-25(23)38(35,36)33-28-18(2)19(3)32-37-28/h6-16,22,33H,5,17H2,1-4H3,(H,29,34)(H,30,31). The number of pyridine rings is 1. The van der Waals surface area contributed by atoms with Crippen LogP contribution in [0.4, 0.5) is 11.7 Å². The molecule has 9 nitrogen and oxygen atoms in total. The monoisotopic (exact) mass is 533 g/mol. The van der Waals surface area contributed by atoms with Crippen molar-refractivity contribution in [3.8, 4) is 11.1 Å². The van der Waals surface area contributed by atoms with E-state index in [-0.39, 0.29) is 22.7 Å². The van der Waals surface area contributed by atoms with E-state index in [9.17, 15) is 13.2 Å². The number of hydrogen-bond acceptors (Lipinski definition) is 7. The maximum atomic E-state index is 13.2. The Kier molecular flexibility index (Phi) is 8.11. The zero-order valence-corrected chi connectivity index (χ0v) is 22.6. The van der Waals surface area contributed by atoms with Crippen LogP contribution in [0.5, 0.6) is 0 Å². The van der Waals surface area contributed by atoms with E-state index >= 15 is 0 Å². The number of anilines is 2. The van der Waals surface area contributed by atoms with Crippen LogP contribution in [-0.2, 0) is 16.4 Å². The molecular formula is C28H31N5O4S. The third kappa shape index (κ3) is 5.86. The fraction of sp³-hybridized carbons (Fsp3) is 0.250. The van der Waals surface area contributed by atoms with Crippen molar-refractivity contribution in [2.24, 2.45) is 0 Å². The number of carbonyl (C=O) groups excluding carboxylic acids is 1. The smallest absolute Gasteiger partial charge is 0.264 e. The maximum Gasteiger partial charge on any atom is 0.264 e. The number of rotatable bonds is 10. The number of aromatic nitrogens is 2. The van der Waals surface area contributed by atoms with Crippen LogP contribution in [0.25, 0.3) is 11.1 Å². The Morgan fingerprint density at radius 2 is 1.76 bits per heavy atom. The zero-order chi connectivity index (χ0) is 27.3. The number of nitrogens with zero attached hydrogens (tertiary/aromatic N) is 2. The Balaban J connectivity index is 1.54. The molecule has 0 aliphatic heterocycles. The van der Waals surface area contributed by atoms with Crippen molar-refractivity contribution in [3.63, 3.8) is 0 Å². The van der Waals surface area contributed by atoms with Crippen LogP contribution < -0.4 is 15.4 Å². The fourth-order valence-electron chi connectivity index (χ4n) is 4.06. The largest absolute Gasteiger partial charge is 0.366 e. The molecule has 1 amide bonds. The second-order valence-corrected chi connectivity index (χ2v) is 10.6. The van der Waals surface area contributed by atoms with Gasteiger partial charge in [-0.05, 0) is 56.0 Å². The first-order valence-electron chi connectivity index (χ1n) is 12.3. The molecule has 4 rings (SSSR count). The molecule has 10 heteroatoms. The Labute approximate surface area is 222 Å². The molecule has 0 aliphatic carbocycles. The lowest BCUT2D eigenvalue weighted by Crippen LogP contribution is -2.26. The first-order chi connectivity index (χ1) is 18.2. The Hall–Kier alpha value is -4.18. The Bertz CT molecular complexity index is 1530. The summed E-state index contributed by atoms with van der Waals surface area (Å²) in [6, 6.07) is 18.2. The second-order valence-electron chi connectivity index (χ2n) is 8.95. The Morgan fingerprint density at radius 3 is 2.42 bits per heavy atom. The molecule has 0 saturated heterocycles. The molecule has 0 saturated carbocycles. The van der Waals surface area contributed by atoms with Gasteiger partial charge in [0.15, 0.2) is 0 Å². The molecule has 0 spiro atoms. The average Bonchev–Trinajstić information content (AvgIpc) is 3.24. The molecule has 1 unspecified atom stereocenters. The highest BCUT2D eigenvalue weighted by Gasteiger charge is 2.23. The topological polar surface area (TPSA) is 126 Å². The number of benzene rings is 2. The number of aryl methyl sites for hydroxylation is 1. The molecule has 0 aliphatic rings. The minimum absolute atomic E-state index is 0.0459. The molecule has 0 fully saturated rings. The van der Waals surface area contributed by atoms with Crippen LogP contribution in [-0.4, -0.2) is 37.6 Å². The lowest BCUT2D eigenvalue weighted by Gasteiger charge is -2.19. The molecule has 2 aromatic carbocycles. The predicted octanol–water partition coefficient (Wildman–Crippen LogP) is 4.95. The highest BCUT2D eigenvalue weighted by atomic mass is 32.2. The van der Waals surface area contributed by atoms with Crippen molar-refractivity contribution in [1.82, 2.24) is 15.5 Å². The predicted molar refractivity (Wildman–Crippen MR) is 148 cm³/mol. The zero-order valence-electron chi connectivity index (χ0n) is 21.8. The van der Waals surface area contributed by atoms with E-state index in [4.69, 9.17) is 4.52 Å². The summed E-state index contributed by atoms with van der Waals surface area (Å²) in [7, 11) is -2.32. The summed E-state index contributed by atoms with van der Waals surface area (Å²) in [5, 5.41) is 9.86. The van der Waals surface area contributed by atoms with E-state index in [1.54, 1.807) is 63.5 Å². The number of hydrogen-bond donors (Lipinski definition) is 3. The molecule has 4 aromatic rings. The summed E-state index contributed by atoms with van der Waals surface area (Å²) in [5.74, 6) is 0.453. The quantitative estimate of drug-likeness (QED) is 0.263. The van der Waals surface area contributed by atoms with Gasteiger partial charge in [-0.15, -0.1) is 0 Å². The van der Waals surface area contributed by atoms with Gasteiger partial charge in [0.25, 0.3) is 15.9 Å². The van der Waals surface area contributed by atoms with Gasteiger partial charge in [-0.2, -0.15) is 0 Å². The first-order valence-corrected chi connectivity index (χ1v) is 13.8. The van der Waals surface area contributed by atoms with Crippen LogP contribution in [0.2, 0.25) is 0 Å². The fourth-order valence-corrected chi connectivity index (χ4v) is 5.34. The molecule has 3 N–H and O–H groups in total. The van der Waals surface area contributed by atoms with Crippen molar-refractivity contribution in [2.75, 3.05) is 17.1 Å². The number of nitrogens with one attached hydrogen (secondary N) is 3. The van der Waals surface area contributed by atoms with E-state index in [1.165, 1.54) is 0 Å². The summed E-state index contributed by atoms with van der Waals surface area (Å²) in [5.41, 5.74) is 4.17. The summed E-state index contributed by atoms with van der Waals surface area (Å²) in [4.78, 5) is 16.7. The van der Waals surface area contributed by atoms with Crippen LogP contribution in [0, 0.1) is 13.8 Å². The van der Waals surface area contributed by atoms with E-state index in [2.05, 4.69) is 32.4 Å². The third-order valence-electron chi connectivity index (χ3n) is 6.42. The van der Waals surface area contributed by atoms with Crippen molar-refractivity contribution in [2.45, 2.75) is 44.6 Å². The van der Waals surface area contributed by atoms with Crippen LogP contribution in [0.3, 0.4) is 0 Å². The lowest BCUT2D eigenvalue weighted by molar-refractivity contribution is 0.0963. The molecule has 1 atom stereocenters. The SMILES string of the molecule is CCC(Cc1ccc(-c2ccccc2S(=O)(=O)Nc2onc(C)c2C)cc1)Nc1ncccc1C(=O)NC. The lowest BCUT2D eigenvalue weighted by atomic mass is 9.99. The molecule has 38 heavy (non-hydrogen) atoms. The van der Waals surface area contributed by atoms with Crippen LogP contribution >= 0.6 is 0 Å². The summed E-state index contributed by atoms with van der Waals surface area (Å²) in [6.07, 6.45) is 3.17. The van der Waals surface area contributed by atoms with Gasteiger partial charge < -0.3 is 15.2 Å². The van der Waals surface area contributed by atoms with Gasteiger partial charge in [0, 0.05) is 30.4 Å². The van der Waals surface area contributed by atoms with Crippen molar-refractivity contribution >= 4 is 27.6 Å². The van der Waals surface area contributed by atoms with Gasteiger partial charge in [-0.25, -0.2) is 18.1 Å². The van der Waals surface area contributed by atoms with Gasteiger partial charge in [-0.1, -0.05) is 54.5 Å². The Morgan fingerprint density at radius 1 is 1.03 bits per heavy atom. The molecule has 0 radical (unpaired) electrons. The average molecular weight is 534 g/mol. The van der Waals surface area contributed by atoms with Crippen molar-refractivity contribution in [3.05, 3.63) is 89.2 Å². The normalized spacial score (nSPS) is 12.1. The molecule has 0 bridgehead atoms. The number of amides is 1. The molecule has 2 aromatic heterocycles. The minimum atomic E-state index is -3.92.